The maximum Gasteiger partial charge on any atom is 0.230 e. The van der Waals surface area contributed by atoms with E-state index in [1.54, 1.807) is 16.2 Å². The molecule has 5 rings (SSSR count). The maximum atomic E-state index is 13.4. The Balaban J connectivity index is 1.48. The number of aromatic nitrogens is 2. The second-order valence-corrected chi connectivity index (χ2v) is 9.51. The number of rotatable bonds is 4. The van der Waals surface area contributed by atoms with E-state index >= 15 is 0 Å². The van der Waals surface area contributed by atoms with Crippen LogP contribution in [0.15, 0.2) is 0 Å². The van der Waals surface area contributed by atoms with Crippen LogP contribution < -0.4 is 4.90 Å². The van der Waals surface area contributed by atoms with Crippen LogP contribution in [0.4, 0.5) is 10.2 Å². The van der Waals surface area contributed by atoms with Crippen molar-refractivity contribution in [2.45, 2.75) is 70.0 Å². The van der Waals surface area contributed by atoms with E-state index in [1.807, 2.05) is 0 Å². The van der Waals surface area contributed by atoms with Gasteiger partial charge in [0.05, 0.1) is 11.8 Å². The number of carbonyl (C=O) groups is 1. The fourth-order valence-corrected chi connectivity index (χ4v) is 5.77. The van der Waals surface area contributed by atoms with E-state index < -0.39 is 6.17 Å². The van der Waals surface area contributed by atoms with Crippen molar-refractivity contribution < 1.29 is 9.18 Å². The molecule has 1 saturated heterocycles. The van der Waals surface area contributed by atoms with E-state index in [1.165, 1.54) is 41.5 Å². The van der Waals surface area contributed by atoms with Crippen LogP contribution in [0.5, 0.6) is 0 Å². The van der Waals surface area contributed by atoms with Crippen LogP contribution in [0.1, 0.15) is 54.8 Å². The monoisotopic (exact) mass is 402 g/mol. The lowest BCUT2D eigenvalue weighted by atomic mass is 9.97. The minimum absolute atomic E-state index is 0.0209. The van der Waals surface area contributed by atoms with Crippen LogP contribution in [0, 0.1) is 0 Å². The molecule has 28 heavy (non-hydrogen) atoms. The third-order valence-electron chi connectivity index (χ3n) is 6.36. The van der Waals surface area contributed by atoms with Crippen LogP contribution in [-0.2, 0) is 24.1 Å². The number of alkyl halides is 1. The van der Waals surface area contributed by atoms with E-state index in [-0.39, 0.29) is 12.3 Å². The van der Waals surface area contributed by atoms with Gasteiger partial charge in [-0.15, -0.1) is 11.3 Å². The van der Waals surface area contributed by atoms with Crippen molar-refractivity contribution in [3.63, 3.8) is 0 Å². The number of aryl methyl sites for hydroxylation is 2. The minimum Gasteiger partial charge on any atom is -0.356 e. The Bertz CT molecular complexity index is 901. The molecule has 7 heteroatoms. The number of fused-ring (bicyclic) bond motifs is 3. The summed E-state index contributed by atoms with van der Waals surface area (Å²) in [5, 5.41) is 1.23. The molecule has 0 N–H and O–H groups in total. The number of amides is 1. The predicted octanol–water partition coefficient (Wildman–Crippen LogP) is 3.67. The van der Waals surface area contributed by atoms with Crippen molar-refractivity contribution in [3.05, 3.63) is 16.3 Å². The number of piperidine rings is 1. The van der Waals surface area contributed by atoms with Crippen molar-refractivity contribution in [1.82, 2.24) is 14.9 Å². The number of carbonyl (C=O) groups excluding carboxylic acids is 1. The van der Waals surface area contributed by atoms with Gasteiger partial charge in [0.1, 0.15) is 22.6 Å². The Morgan fingerprint density at radius 3 is 2.68 bits per heavy atom. The summed E-state index contributed by atoms with van der Waals surface area (Å²) in [5.41, 5.74) is 1.44. The second-order valence-electron chi connectivity index (χ2n) is 8.43. The van der Waals surface area contributed by atoms with Crippen LogP contribution >= 0.6 is 11.3 Å². The molecule has 1 aliphatic heterocycles. The fraction of sp³-hybridized carbons (Fsp3) is 0.667. The Hall–Kier alpha value is -1.76. The van der Waals surface area contributed by atoms with Crippen molar-refractivity contribution >= 4 is 33.3 Å². The third-order valence-corrected chi connectivity index (χ3v) is 7.54. The number of anilines is 1. The highest BCUT2D eigenvalue weighted by Crippen LogP contribution is 2.41. The molecule has 2 aromatic rings. The van der Waals surface area contributed by atoms with E-state index in [0.717, 1.165) is 23.5 Å². The summed E-state index contributed by atoms with van der Waals surface area (Å²) in [4.78, 5) is 29.0. The summed E-state index contributed by atoms with van der Waals surface area (Å²) in [5.74, 6) is 1.64. The van der Waals surface area contributed by atoms with Crippen LogP contribution in [0.2, 0.25) is 0 Å². The Labute approximate surface area is 168 Å². The van der Waals surface area contributed by atoms with Gasteiger partial charge in [0.2, 0.25) is 5.91 Å². The molecule has 2 aromatic heterocycles. The molecule has 150 valence electrons. The van der Waals surface area contributed by atoms with Gasteiger partial charge in [-0.05, 0) is 56.9 Å². The predicted molar refractivity (Wildman–Crippen MR) is 110 cm³/mol. The number of halogens is 1. The Morgan fingerprint density at radius 1 is 1.18 bits per heavy atom. The normalized spacial score (nSPS) is 20.4. The number of hydrogen-bond acceptors (Lipinski definition) is 5. The fourth-order valence-electron chi connectivity index (χ4n) is 4.49. The molecule has 5 nitrogen and oxygen atoms in total. The zero-order chi connectivity index (χ0) is 19.3. The maximum absolute atomic E-state index is 13.4. The number of nitrogens with zero attached hydrogens (tertiary/aromatic N) is 4. The zero-order valence-electron chi connectivity index (χ0n) is 16.4. The molecule has 0 aromatic carbocycles. The molecular formula is C21H27FN4OS. The van der Waals surface area contributed by atoms with E-state index in [2.05, 4.69) is 11.9 Å². The van der Waals surface area contributed by atoms with E-state index in [9.17, 15) is 9.18 Å². The number of thiophene rings is 1. The molecule has 0 unspecified atom stereocenters. The standard InChI is InChI=1S/C21H27FN4OS/c1-25(14-6-7-14)20-19-15-4-2-3-5-16(15)28-21(19)24-17(23-20)12-18(27)26-10-8-13(22)9-11-26/h13-14H,2-12H2,1H3. The third kappa shape index (κ3) is 3.38. The van der Waals surface area contributed by atoms with Crippen LogP contribution in [-0.4, -0.2) is 53.1 Å². The average molecular weight is 403 g/mol. The van der Waals surface area contributed by atoms with Crippen molar-refractivity contribution in [3.8, 4) is 0 Å². The van der Waals surface area contributed by atoms with E-state index in [0.29, 0.717) is 37.8 Å². The molecule has 3 heterocycles. The highest BCUT2D eigenvalue weighted by molar-refractivity contribution is 7.19. The van der Waals surface area contributed by atoms with E-state index in [4.69, 9.17) is 9.97 Å². The number of likely N-dealkylation sites (tertiary alicyclic amines) is 1. The molecule has 0 spiro atoms. The zero-order valence-corrected chi connectivity index (χ0v) is 17.2. The molecule has 2 fully saturated rings. The molecule has 3 aliphatic rings. The topological polar surface area (TPSA) is 49.3 Å². The summed E-state index contributed by atoms with van der Waals surface area (Å²) in [7, 11) is 2.13. The summed E-state index contributed by atoms with van der Waals surface area (Å²) in [6.07, 6.45) is 7.47. The molecule has 1 saturated carbocycles. The summed E-state index contributed by atoms with van der Waals surface area (Å²) in [6, 6.07) is 0.560. The van der Waals surface area contributed by atoms with Gasteiger partial charge in [0.25, 0.3) is 0 Å². The van der Waals surface area contributed by atoms with Gasteiger partial charge in [-0.1, -0.05) is 0 Å². The molecule has 0 atom stereocenters. The summed E-state index contributed by atoms with van der Waals surface area (Å²) < 4.78 is 13.4. The Morgan fingerprint density at radius 2 is 1.93 bits per heavy atom. The largest absolute Gasteiger partial charge is 0.356 e. The first-order valence-corrected chi connectivity index (χ1v) is 11.4. The lowest BCUT2D eigenvalue weighted by molar-refractivity contribution is -0.132. The van der Waals surface area contributed by atoms with Crippen LogP contribution in [0.3, 0.4) is 0 Å². The SMILES string of the molecule is CN(c1nc(CC(=O)N2CCC(F)CC2)nc2sc3c(c12)CCCC3)C1CC1. The lowest BCUT2D eigenvalue weighted by Crippen LogP contribution is -2.40. The van der Waals surface area contributed by atoms with Crippen molar-refractivity contribution in [1.29, 1.82) is 0 Å². The quantitative estimate of drug-likeness (QED) is 0.783. The molecule has 0 bridgehead atoms. The van der Waals surface area contributed by atoms with Gasteiger partial charge in [-0.3, -0.25) is 4.79 Å². The molecule has 2 aliphatic carbocycles. The highest BCUT2D eigenvalue weighted by Gasteiger charge is 2.31. The first kappa shape index (κ1) is 18.3. The van der Waals surface area contributed by atoms with Gasteiger partial charge in [-0.25, -0.2) is 14.4 Å². The first-order chi connectivity index (χ1) is 13.6. The first-order valence-electron chi connectivity index (χ1n) is 10.6. The van der Waals surface area contributed by atoms with Crippen molar-refractivity contribution in [2.24, 2.45) is 0 Å². The molecule has 0 radical (unpaired) electrons. The van der Waals surface area contributed by atoms with Gasteiger partial charge >= 0.3 is 0 Å². The van der Waals surface area contributed by atoms with Crippen molar-refractivity contribution in [2.75, 3.05) is 25.0 Å². The molecule has 1 amide bonds. The Kier molecular flexibility index (Phi) is 4.73. The highest BCUT2D eigenvalue weighted by atomic mass is 32.1. The van der Waals surface area contributed by atoms with Crippen LogP contribution in [0.25, 0.3) is 10.2 Å². The van der Waals surface area contributed by atoms with Gasteiger partial charge in [-0.2, -0.15) is 0 Å². The lowest BCUT2D eigenvalue weighted by Gasteiger charge is -2.28. The van der Waals surface area contributed by atoms with Gasteiger partial charge < -0.3 is 9.80 Å². The average Bonchev–Trinajstić information content (AvgIpc) is 3.48. The van der Waals surface area contributed by atoms with Gasteiger partial charge in [0, 0.05) is 31.1 Å². The van der Waals surface area contributed by atoms with Gasteiger partial charge in [0.15, 0.2) is 0 Å². The smallest absolute Gasteiger partial charge is 0.230 e. The number of hydrogen-bond donors (Lipinski definition) is 0. The summed E-state index contributed by atoms with van der Waals surface area (Å²) >= 11 is 1.79. The molecular weight excluding hydrogens is 375 g/mol. The second kappa shape index (κ2) is 7.25. The minimum atomic E-state index is -0.770. The summed E-state index contributed by atoms with van der Waals surface area (Å²) in [6.45, 7) is 1.01.